The van der Waals surface area contributed by atoms with Gasteiger partial charge >= 0.3 is 0 Å². The molecule has 0 radical (unpaired) electrons. The largest absolute Gasteiger partial charge is 0.483 e. The maximum Gasteiger partial charge on any atom is 0.153 e. The van der Waals surface area contributed by atoms with Crippen LogP contribution in [0.2, 0.25) is 0 Å². The number of para-hydroxylation sites is 2. The van der Waals surface area contributed by atoms with Gasteiger partial charge in [-0.05, 0) is 66.3 Å². The molecule has 252 valence electrons. The van der Waals surface area contributed by atoms with Gasteiger partial charge in [0.2, 0.25) is 0 Å². The van der Waals surface area contributed by atoms with E-state index in [1.54, 1.807) is 0 Å². The van der Waals surface area contributed by atoms with Gasteiger partial charge in [-0.1, -0.05) is 152 Å². The fourth-order valence-electron chi connectivity index (χ4n) is 8.77. The van der Waals surface area contributed by atoms with Crippen LogP contribution in [-0.4, -0.2) is 10.4 Å². The summed E-state index contributed by atoms with van der Waals surface area (Å²) in [6.45, 7) is 4.57. The molecule has 10 rings (SSSR count). The van der Waals surface area contributed by atoms with Crippen molar-refractivity contribution in [2.45, 2.75) is 37.3 Å². The van der Waals surface area contributed by atoms with Gasteiger partial charge in [0.25, 0.3) is 0 Å². The second-order valence-corrected chi connectivity index (χ2v) is 14.7. The Labute approximate surface area is 304 Å². The van der Waals surface area contributed by atoms with E-state index < -0.39 is 11.0 Å². The third-order valence-corrected chi connectivity index (χ3v) is 11.4. The number of amidine groups is 1. The molecule has 2 aliphatic heterocycles. The highest BCUT2D eigenvalue weighted by Crippen LogP contribution is 2.58. The Hall–Kier alpha value is -6.13. The summed E-state index contributed by atoms with van der Waals surface area (Å²) in [6, 6.07) is 47.7. The summed E-state index contributed by atoms with van der Waals surface area (Å²) >= 11 is 0. The lowest BCUT2D eigenvalue weighted by Crippen LogP contribution is -2.40. The van der Waals surface area contributed by atoms with Gasteiger partial charge in [-0.3, -0.25) is 9.56 Å². The van der Waals surface area contributed by atoms with Crippen LogP contribution in [-0.2, 0) is 11.0 Å². The molecule has 4 nitrogen and oxygen atoms in total. The standard InChI is InChI=1S/C48H39N3O/c1-47-30-38(34-28-26-33(27-29-34)32-16-6-3-7-17-32)43-37-22-12-14-24-40(37)51(44(43)45(47)52-41-25-15-13-23-39(41)47)42-31-48(2,36-20-10-5-11-21-36)50-46(49-42)35-18-8-4-9-19-35/h3-18,20-31,35,45H,19H2,1-2H3,(H,49,50). The SMILES string of the molecule is CC1(c2ccccc2)C=C(n2c3c(c4ccccc42)C(c2ccc(-c4ccccc4)cc2)=CC2(C)c4ccccc4OC32)NC(C2C=CC=CC2)=N1. The zero-order valence-electron chi connectivity index (χ0n) is 29.3. The molecule has 1 aromatic heterocycles. The van der Waals surface area contributed by atoms with Crippen molar-refractivity contribution in [1.29, 1.82) is 0 Å². The van der Waals surface area contributed by atoms with E-state index in [9.17, 15) is 0 Å². The number of hydrogen-bond acceptors (Lipinski definition) is 3. The Kier molecular flexibility index (Phi) is 6.91. The summed E-state index contributed by atoms with van der Waals surface area (Å²) in [4.78, 5) is 5.46. The highest BCUT2D eigenvalue weighted by atomic mass is 16.5. The number of hydrogen-bond donors (Lipinski definition) is 1. The number of benzene rings is 5. The lowest BCUT2D eigenvalue weighted by Gasteiger charge is -2.37. The number of rotatable bonds is 5. The van der Waals surface area contributed by atoms with Gasteiger partial charge in [0.1, 0.15) is 22.9 Å². The Morgan fingerprint density at radius 3 is 2.19 bits per heavy atom. The van der Waals surface area contributed by atoms with E-state index in [1.165, 1.54) is 38.8 Å². The molecule has 0 fully saturated rings. The molecular formula is C48H39N3O. The van der Waals surface area contributed by atoms with E-state index in [2.05, 4.69) is 194 Å². The molecular weight excluding hydrogens is 635 g/mol. The second kappa shape index (κ2) is 11.7. The zero-order valence-corrected chi connectivity index (χ0v) is 29.3. The van der Waals surface area contributed by atoms with Gasteiger partial charge in [-0.15, -0.1) is 0 Å². The first-order valence-electron chi connectivity index (χ1n) is 18.3. The molecule has 3 heterocycles. The Morgan fingerprint density at radius 2 is 1.40 bits per heavy atom. The molecule has 6 aromatic rings. The molecule has 52 heavy (non-hydrogen) atoms. The molecule has 4 unspecified atom stereocenters. The number of nitrogens with one attached hydrogen (secondary N) is 1. The van der Waals surface area contributed by atoms with E-state index in [4.69, 9.17) is 9.73 Å². The summed E-state index contributed by atoms with van der Waals surface area (Å²) in [5.41, 5.74) is 9.70. The van der Waals surface area contributed by atoms with Crippen molar-refractivity contribution < 1.29 is 4.74 Å². The fraction of sp³-hybridized carbons (Fsp3) is 0.146. The highest BCUT2D eigenvalue weighted by molar-refractivity contribution is 6.04. The number of fused-ring (bicyclic) bond motifs is 7. The van der Waals surface area contributed by atoms with E-state index in [-0.39, 0.29) is 12.0 Å². The van der Waals surface area contributed by atoms with E-state index in [0.29, 0.717) is 0 Å². The predicted molar refractivity (Wildman–Crippen MR) is 213 cm³/mol. The molecule has 0 amide bonds. The van der Waals surface area contributed by atoms with Crippen molar-refractivity contribution in [3.8, 4) is 16.9 Å². The van der Waals surface area contributed by atoms with Gasteiger partial charge in [0.15, 0.2) is 6.10 Å². The van der Waals surface area contributed by atoms with Gasteiger partial charge in [-0.25, -0.2) is 0 Å². The van der Waals surface area contributed by atoms with Crippen LogP contribution in [0.15, 0.2) is 175 Å². The highest BCUT2D eigenvalue weighted by Gasteiger charge is 2.51. The summed E-state index contributed by atoms with van der Waals surface area (Å²) in [6.07, 6.45) is 14.2. The first-order valence-corrected chi connectivity index (χ1v) is 18.3. The Morgan fingerprint density at radius 1 is 0.712 bits per heavy atom. The van der Waals surface area contributed by atoms with Crippen LogP contribution in [0.5, 0.6) is 5.75 Å². The molecule has 0 bridgehead atoms. The van der Waals surface area contributed by atoms with Crippen LogP contribution in [0.1, 0.15) is 54.3 Å². The smallest absolute Gasteiger partial charge is 0.153 e. The van der Waals surface area contributed by atoms with E-state index >= 15 is 0 Å². The van der Waals surface area contributed by atoms with E-state index in [0.717, 1.165) is 40.6 Å². The summed E-state index contributed by atoms with van der Waals surface area (Å²) in [5.74, 6) is 3.05. The number of nitrogens with zero attached hydrogens (tertiary/aromatic N) is 2. The third-order valence-electron chi connectivity index (χ3n) is 11.4. The molecule has 4 atom stereocenters. The Bertz CT molecular complexity index is 2520. The van der Waals surface area contributed by atoms with Crippen LogP contribution < -0.4 is 10.1 Å². The van der Waals surface area contributed by atoms with Crippen LogP contribution in [0, 0.1) is 5.92 Å². The normalized spacial score (nSPS) is 24.2. The van der Waals surface area contributed by atoms with Crippen LogP contribution >= 0.6 is 0 Å². The summed E-state index contributed by atoms with van der Waals surface area (Å²) in [7, 11) is 0. The number of ether oxygens (including phenoxy) is 1. The minimum atomic E-state index is -0.589. The van der Waals surface area contributed by atoms with Crippen molar-refractivity contribution in [2.24, 2.45) is 10.9 Å². The molecule has 0 saturated carbocycles. The first kappa shape index (κ1) is 30.7. The van der Waals surface area contributed by atoms with Crippen molar-refractivity contribution in [3.05, 3.63) is 198 Å². The summed E-state index contributed by atoms with van der Waals surface area (Å²) in [5, 5.41) is 5.10. The zero-order chi connectivity index (χ0) is 34.9. The predicted octanol–water partition coefficient (Wildman–Crippen LogP) is 11.0. The maximum absolute atomic E-state index is 7.07. The minimum absolute atomic E-state index is 0.144. The third kappa shape index (κ3) is 4.71. The van der Waals surface area contributed by atoms with Crippen molar-refractivity contribution in [2.75, 3.05) is 0 Å². The average Bonchev–Trinajstić information content (AvgIpc) is 3.71. The lowest BCUT2D eigenvalue weighted by molar-refractivity contribution is 0.175. The molecule has 4 heteroatoms. The molecule has 1 N–H and O–H groups in total. The van der Waals surface area contributed by atoms with E-state index in [1.807, 2.05) is 0 Å². The van der Waals surface area contributed by atoms with Crippen LogP contribution in [0.25, 0.3) is 33.4 Å². The molecule has 0 spiro atoms. The quantitative estimate of drug-likeness (QED) is 0.198. The average molecular weight is 674 g/mol. The Balaban J connectivity index is 1.22. The number of aliphatic imine (C=N–C) groups is 1. The maximum atomic E-state index is 7.07. The van der Waals surface area contributed by atoms with Crippen LogP contribution in [0.3, 0.4) is 0 Å². The fourth-order valence-corrected chi connectivity index (χ4v) is 8.77. The topological polar surface area (TPSA) is 38.5 Å². The van der Waals surface area contributed by atoms with Gasteiger partial charge in [0, 0.05) is 22.4 Å². The van der Waals surface area contributed by atoms with Gasteiger partial charge in [-0.2, -0.15) is 0 Å². The number of allylic oxidation sites excluding steroid dienone is 3. The van der Waals surface area contributed by atoms with Gasteiger partial charge < -0.3 is 10.1 Å². The number of aromatic nitrogens is 1. The van der Waals surface area contributed by atoms with Crippen molar-refractivity contribution >= 4 is 28.1 Å². The lowest BCUT2D eigenvalue weighted by atomic mass is 9.70. The monoisotopic (exact) mass is 673 g/mol. The summed E-state index contributed by atoms with van der Waals surface area (Å²) < 4.78 is 9.52. The van der Waals surface area contributed by atoms with Crippen molar-refractivity contribution in [1.82, 2.24) is 9.88 Å². The second-order valence-electron chi connectivity index (χ2n) is 14.7. The molecule has 4 aliphatic rings. The molecule has 5 aromatic carbocycles. The minimum Gasteiger partial charge on any atom is -0.483 e. The molecule has 0 saturated heterocycles. The van der Waals surface area contributed by atoms with Crippen molar-refractivity contribution in [3.63, 3.8) is 0 Å². The first-order chi connectivity index (χ1) is 25.5. The molecule has 2 aliphatic carbocycles. The van der Waals surface area contributed by atoms with Gasteiger partial charge in [0.05, 0.1) is 16.6 Å². The van der Waals surface area contributed by atoms with Crippen LogP contribution in [0.4, 0.5) is 0 Å².